The Kier molecular flexibility index (Phi) is 2.40. The monoisotopic (exact) mass is 166 g/mol. The summed E-state index contributed by atoms with van der Waals surface area (Å²) < 4.78 is 12.7. The Morgan fingerprint density at radius 3 is 3.00 bits per heavy atom. The Morgan fingerprint density at radius 2 is 2.42 bits per heavy atom. The molecule has 0 bridgehead atoms. The molecule has 4 nitrogen and oxygen atoms in total. The number of aliphatic imine (C=N–C) groups is 1. The van der Waals surface area contributed by atoms with Crippen LogP contribution in [0.4, 0.5) is 4.39 Å². The molecule has 1 heterocycles. The Bertz CT molecular complexity index is 358. The van der Waals surface area contributed by atoms with Crippen LogP contribution in [-0.2, 0) is 4.79 Å². The van der Waals surface area contributed by atoms with Crippen molar-refractivity contribution in [3.63, 3.8) is 0 Å². The smallest absolute Gasteiger partial charge is 0.266 e. The van der Waals surface area contributed by atoms with Gasteiger partial charge < -0.3 is 0 Å². The number of carbonyl (C=O) groups excluding carboxylic acids is 2. The van der Waals surface area contributed by atoms with E-state index in [1.807, 2.05) is 0 Å². The van der Waals surface area contributed by atoms with Crippen molar-refractivity contribution in [2.24, 2.45) is 4.99 Å². The van der Waals surface area contributed by atoms with Crippen LogP contribution in [0.2, 0.25) is 0 Å². The van der Waals surface area contributed by atoms with Crippen LogP contribution in [0, 0.1) is 5.82 Å². The molecule has 0 unspecified atom stereocenters. The summed E-state index contributed by atoms with van der Waals surface area (Å²) in [7, 11) is 0. The van der Waals surface area contributed by atoms with Crippen LogP contribution in [0.15, 0.2) is 23.5 Å². The molecule has 0 atom stereocenters. The molecule has 0 fully saturated rings. The van der Waals surface area contributed by atoms with Crippen LogP contribution < -0.4 is 0 Å². The molecule has 0 aliphatic rings. The highest BCUT2D eigenvalue weighted by molar-refractivity contribution is 5.97. The Balaban J connectivity index is 3.11. The standard InChI is InChI=1S/C7H3FN2O2/c8-6-3-9-2-1-5(6)7(12)10-4-11/h1-3H. The van der Waals surface area contributed by atoms with E-state index in [2.05, 4.69) is 9.98 Å². The van der Waals surface area contributed by atoms with Gasteiger partial charge in [0.1, 0.15) is 0 Å². The summed E-state index contributed by atoms with van der Waals surface area (Å²) in [5, 5.41) is 0. The first-order chi connectivity index (χ1) is 5.75. The van der Waals surface area contributed by atoms with Crippen LogP contribution in [0.3, 0.4) is 0 Å². The van der Waals surface area contributed by atoms with Gasteiger partial charge in [-0.05, 0) is 6.07 Å². The molecule has 0 radical (unpaired) electrons. The van der Waals surface area contributed by atoms with E-state index in [0.29, 0.717) is 0 Å². The van der Waals surface area contributed by atoms with E-state index in [9.17, 15) is 14.0 Å². The fourth-order valence-electron chi connectivity index (χ4n) is 0.650. The molecule has 1 amide bonds. The molecule has 1 aromatic rings. The largest absolute Gasteiger partial charge is 0.290 e. The van der Waals surface area contributed by atoms with E-state index >= 15 is 0 Å². The Hall–Kier alpha value is -1.87. The minimum Gasteiger partial charge on any atom is -0.266 e. The first-order valence-electron chi connectivity index (χ1n) is 2.97. The molecular formula is C7H3FN2O2. The molecule has 0 aromatic carbocycles. The zero-order chi connectivity index (χ0) is 8.97. The minimum atomic E-state index is -0.954. The Morgan fingerprint density at radius 1 is 1.67 bits per heavy atom. The predicted molar refractivity (Wildman–Crippen MR) is 36.6 cm³/mol. The number of carbonyl (C=O) groups is 1. The van der Waals surface area contributed by atoms with Crippen molar-refractivity contribution in [3.05, 3.63) is 29.8 Å². The highest BCUT2D eigenvalue weighted by atomic mass is 19.1. The molecule has 12 heavy (non-hydrogen) atoms. The highest BCUT2D eigenvalue weighted by Crippen LogP contribution is 2.04. The highest BCUT2D eigenvalue weighted by Gasteiger charge is 2.09. The zero-order valence-electron chi connectivity index (χ0n) is 5.82. The molecule has 0 N–H and O–H groups in total. The van der Waals surface area contributed by atoms with E-state index in [1.165, 1.54) is 6.20 Å². The molecule has 0 spiro atoms. The number of halogens is 1. The molecule has 1 aromatic heterocycles. The van der Waals surface area contributed by atoms with E-state index in [1.54, 1.807) is 0 Å². The molecule has 0 aliphatic carbocycles. The molecule has 1 rings (SSSR count). The predicted octanol–water partition coefficient (Wildman–Crippen LogP) is 0.697. The summed E-state index contributed by atoms with van der Waals surface area (Å²) in [4.78, 5) is 26.6. The number of hydrogen-bond acceptors (Lipinski definition) is 3. The summed E-state index contributed by atoms with van der Waals surface area (Å²) in [5.74, 6) is -1.76. The summed E-state index contributed by atoms with van der Waals surface area (Å²) in [6.45, 7) is 0. The molecule has 5 heteroatoms. The summed E-state index contributed by atoms with van der Waals surface area (Å²) in [5.41, 5.74) is -0.284. The van der Waals surface area contributed by atoms with Crippen molar-refractivity contribution in [1.82, 2.24) is 4.98 Å². The van der Waals surface area contributed by atoms with Crippen LogP contribution in [0.1, 0.15) is 10.4 Å². The quantitative estimate of drug-likeness (QED) is 0.455. The van der Waals surface area contributed by atoms with Crippen molar-refractivity contribution in [2.45, 2.75) is 0 Å². The third-order valence-corrected chi connectivity index (χ3v) is 1.15. The van der Waals surface area contributed by atoms with Gasteiger partial charge in [-0.15, -0.1) is 4.99 Å². The van der Waals surface area contributed by atoms with Crippen molar-refractivity contribution in [1.29, 1.82) is 0 Å². The van der Waals surface area contributed by atoms with Gasteiger partial charge in [-0.1, -0.05) is 0 Å². The molecule has 0 saturated carbocycles. The summed E-state index contributed by atoms with van der Waals surface area (Å²) in [6.07, 6.45) is 3.13. The molecule has 60 valence electrons. The van der Waals surface area contributed by atoms with E-state index < -0.39 is 11.7 Å². The van der Waals surface area contributed by atoms with Gasteiger partial charge in [-0.2, -0.15) is 0 Å². The third-order valence-electron chi connectivity index (χ3n) is 1.15. The van der Waals surface area contributed by atoms with Crippen molar-refractivity contribution in [3.8, 4) is 0 Å². The minimum absolute atomic E-state index is 0.284. The van der Waals surface area contributed by atoms with Crippen LogP contribution in [0.25, 0.3) is 0 Å². The summed E-state index contributed by atoms with van der Waals surface area (Å²) >= 11 is 0. The van der Waals surface area contributed by atoms with Gasteiger partial charge in [0.25, 0.3) is 5.91 Å². The average Bonchev–Trinajstić information content (AvgIpc) is 2.05. The zero-order valence-corrected chi connectivity index (χ0v) is 5.82. The fourth-order valence-corrected chi connectivity index (χ4v) is 0.650. The fraction of sp³-hybridized carbons (Fsp3) is 0. The van der Waals surface area contributed by atoms with Gasteiger partial charge in [0.2, 0.25) is 6.08 Å². The van der Waals surface area contributed by atoms with Crippen molar-refractivity contribution in [2.75, 3.05) is 0 Å². The SMILES string of the molecule is O=C=NC(=O)c1ccncc1F. The maximum Gasteiger partial charge on any atom is 0.290 e. The topological polar surface area (TPSA) is 59.4 Å². The second kappa shape index (κ2) is 3.50. The van der Waals surface area contributed by atoms with Gasteiger partial charge in [-0.25, -0.2) is 9.18 Å². The van der Waals surface area contributed by atoms with Gasteiger partial charge in [0.15, 0.2) is 5.82 Å². The lowest BCUT2D eigenvalue weighted by Crippen LogP contribution is -1.98. The summed E-state index contributed by atoms with van der Waals surface area (Å²) in [6, 6.07) is 1.14. The first-order valence-corrected chi connectivity index (χ1v) is 2.97. The van der Waals surface area contributed by atoms with Crippen molar-refractivity contribution >= 4 is 12.0 Å². The number of pyridine rings is 1. The van der Waals surface area contributed by atoms with E-state index in [0.717, 1.165) is 18.3 Å². The lowest BCUT2D eigenvalue weighted by molar-refractivity contribution is 0.0999. The molecular weight excluding hydrogens is 163 g/mol. The van der Waals surface area contributed by atoms with Crippen LogP contribution in [-0.4, -0.2) is 17.0 Å². The number of isocyanates is 1. The number of aromatic nitrogens is 1. The second-order valence-electron chi connectivity index (χ2n) is 1.86. The first kappa shape index (κ1) is 8.23. The molecule has 0 aliphatic heterocycles. The maximum absolute atomic E-state index is 12.7. The number of hydrogen-bond donors (Lipinski definition) is 0. The van der Waals surface area contributed by atoms with Crippen LogP contribution >= 0.6 is 0 Å². The van der Waals surface area contributed by atoms with E-state index in [4.69, 9.17) is 0 Å². The van der Waals surface area contributed by atoms with Gasteiger partial charge in [0.05, 0.1) is 11.8 Å². The van der Waals surface area contributed by atoms with Crippen molar-refractivity contribution < 1.29 is 14.0 Å². The molecule has 0 saturated heterocycles. The van der Waals surface area contributed by atoms with Gasteiger partial charge in [-0.3, -0.25) is 9.78 Å². The number of nitrogens with zero attached hydrogens (tertiary/aromatic N) is 2. The second-order valence-corrected chi connectivity index (χ2v) is 1.86. The third kappa shape index (κ3) is 1.59. The lowest BCUT2D eigenvalue weighted by Gasteiger charge is -1.92. The van der Waals surface area contributed by atoms with E-state index in [-0.39, 0.29) is 5.56 Å². The van der Waals surface area contributed by atoms with Gasteiger partial charge in [0, 0.05) is 6.20 Å². The number of rotatable bonds is 1. The normalized spacial score (nSPS) is 8.75. The lowest BCUT2D eigenvalue weighted by atomic mass is 10.2. The van der Waals surface area contributed by atoms with Crippen LogP contribution in [0.5, 0.6) is 0 Å². The van der Waals surface area contributed by atoms with Gasteiger partial charge >= 0.3 is 0 Å². The Labute approximate surface area is 66.8 Å². The maximum atomic E-state index is 12.7. The average molecular weight is 166 g/mol. The number of amides is 1.